The van der Waals surface area contributed by atoms with Crippen molar-refractivity contribution in [1.82, 2.24) is 4.98 Å². The van der Waals surface area contributed by atoms with Crippen molar-refractivity contribution in [2.45, 2.75) is 6.92 Å². The molecule has 0 aliphatic heterocycles. The first-order valence-corrected chi connectivity index (χ1v) is 7.47. The molecular weight excluding hydrogens is 348 g/mol. The molecule has 2 N–H and O–H groups in total. The lowest BCUT2D eigenvalue weighted by atomic mass is 10.1. The van der Waals surface area contributed by atoms with Gasteiger partial charge in [-0.25, -0.2) is 0 Å². The molecule has 0 saturated carbocycles. The van der Waals surface area contributed by atoms with E-state index in [4.69, 9.17) is 11.6 Å². The number of pyridine rings is 1. The number of rotatable bonds is 3. The number of nitro groups is 1. The number of non-ortho nitro benzene ring substituents is 1. The van der Waals surface area contributed by atoms with Crippen molar-refractivity contribution in [1.29, 1.82) is 0 Å². The number of aromatic nitrogens is 1. The third-order valence-corrected chi connectivity index (χ3v) is 4.08. The Morgan fingerprint density at radius 2 is 1.92 bits per heavy atom. The van der Waals surface area contributed by atoms with Gasteiger partial charge in [-0.05, 0) is 30.7 Å². The van der Waals surface area contributed by atoms with Crippen LogP contribution in [0.1, 0.15) is 5.56 Å². The molecule has 0 spiro atoms. The lowest BCUT2D eigenvalue weighted by Crippen LogP contribution is -2.06. The van der Waals surface area contributed by atoms with E-state index in [0.717, 1.165) is 0 Å². The minimum Gasteiger partial charge on any atom is -0.505 e. The van der Waals surface area contributed by atoms with Crippen molar-refractivity contribution in [2.75, 3.05) is 0 Å². The lowest BCUT2D eigenvalue weighted by Gasteiger charge is -2.04. The third-order valence-electron chi connectivity index (χ3n) is 3.67. The third kappa shape index (κ3) is 2.94. The fourth-order valence-corrected chi connectivity index (χ4v) is 2.50. The van der Waals surface area contributed by atoms with Gasteiger partial charge in [-0.15, -0.1) is 10.2 Å². The quantitative estimate of drug-likeness (QED) is 0.406. The van der Waals surface area contributed by atoms with Crippen LogP contribution in [0.4, 0.5) is 17.1 Å². The zero-order chi connectivity index (χ0) is 18.1. The molecule has 1 heterocycles. The number of halogens is 1. The van der Waals surface area contributed by atoms with E-state index in [1.807, 2.05) is 0 Å². The molecule has 1 aromatic heterocycles. The maximum absolute atomic E-state index is 12.2. The number of hydrogen-bond acceptors (Lipinski definition) is 6. The van der Waals surface area contributed by atoms with Crippen LogP contribution in [-0.4, -0.2) is 15.0 Å². The smallest absolute Gasteiger partial charge is 0.293 e. The van der Waals surface area contributed by atoms with E-state index in [1.54, 1.807) is 25.1 Å². The first kappa shape index (κ1) is 16.6. The first-order valence-electron chi connectivity index (χ1n) is 7.09. The fourth-order valence-electron chi connectivity index (χ4n) is 2.33. The summed E-state index contributed by atoms with van der Waals surface area (Å²) in [5, 5.41) is 29.7. The monoisotopic (exact) mass is 358 g/mol. The maximum atomic E-state index is 12.2. The molecule has 25 heavy (non-hydrogen) atoms. The van der Waals surface area contributed by atoms with E-state index in [0.29, 0.717) is 16.3 Å². The molecular formula is C16H11ClN4O4. The van der Waals surface area contributed by atoms with E-state index < -0.39 is 16.2 Å². The van der Waals surface area contributed by atoms with Crippen LogP contribution < -0.4 is 5.56 Å². The van der Waals surface area contributed by atoms with Crippen molar-refractivity contribution >= 4 is 39.6 Å². The number of fused-ring (bicyclic) bond motifs is 1. The van der Waals surface area contributed by atoms with Crippen molar-refractivity contribution in [2.24, 2.45) is 10.2 Å². The number of benzene rings is 2. The number of para-hydroxylation sites is 1. The first-order chi connectivity index (χ1) is 11.9. The topological polar surface area (TPSA) is 121 Å². The largest absolute Gasteiger partial charge is 0.505 e. The standard InChI is InChI=1S/C16H11ClN4O4/c1-8-10(17)5-3-6-11(8)19-20-14-15(22)9-4-2-7-12(21(24)25)13(9)18-16(14)23/h2-7H,1H3,(H2,18,22,23). The summed E-state index contributed by atoms with van der Waals surface area (Å²) in [6.45, 7) is 1.74. The molecule has 0 saturated heterocycles. The number of aromatic amines is 1. The van der Waals surface area contributed by atoms with Gasteiger partial charge in [0.1, 0.15) is 5.52 Å². The summed E-state index contributed by atoms with van der Waals surface area (Å²) >= 11 is 6.00. The zero-order valence-electron chi connectivity index (χ0n) is 12.9. The van der Waals surface area contributed by atoms with Crippen LogP contribution in [0.2, 0.25) is 5.02 Å². The summed E-state index contributed by atoms with van der Waals surface area (Å²) < 4.78 is 0. The number of aromatic hydroxyl groups is 1. The van der Waals surface area contributed by atoms with Gasteiger partial charge in [-0.2, -0.15) is 0 Å². The van der Waals surface area contributed by atoms with Crippen LogP contribution in [-0.2, 0) is 0 Å². The minimum atomic E-state index is -0.789. The number of H-pyrrole nitrogens is 1. The van der Waals surface area contributed by atoms with Crippen molar-refractivity contribution in [3.63, 3.8) is 0 Å². The fraction of sp³-hybridized carbons (Fsp3) is 0.0625. The molecule has 0 unspecified atom stereocenters. The molecule has 3 aromatic rings. The number of nitrogens with zero attached hydrogens (tertiary/aromatic N) is 3. The molecule has 0 atom stereocenters. The Morgan fingerprint density at radius 3 is 2.64 bits per heavy atom. The predicted octanol–water partition coefficient (Wildman–Crippen LogP) is 4.52. The Morgan fingerprint density at radius 1 is 1.20 bits per heavy atom. The van der Waals surface area contributed by atoms with E-state index in [-0.39, 0.29) is 22.3 Å². The Bertz CT molecular complexity index is 1090. The van der Waals surface area contributed by atoms with Crippen LogP contribution in [0, 0.1) is 17.0 Å². The normalized spacial score (nSPS) is 11.3. The van der Waals surface area contributed by atoms with Gasteiger partial charge >= 0.3 is 0 Å². The van der Waals surface area contributed by atoms with E-state index in [1.165, 1.54) is 18.2 Å². The number of nitro benzene ring substituents is 1. The van der Waals surface area contributed by atoms with Gasteiger partial charge in [-0.1, -0.05) is 23.7 Å². The van der Waals surface area contributed by atoms with E-state index in [2.05, 4.69) is 15.2 Å². The van der Waals surface area contributed by atoms with Crippen LogP contribution >= 0.6 is 11.6 Å². The van der Waals surface area contributed by atoms with Gasteiger partial charge in [0.05, 0.1) is 10.6 Å². The highest BCUT2D eigenvalue weighted by Gasteiger charge is 2.18. The van der Waals surface area contributed by atoms with Gasteiger partial charge < -0.3 is 10.1 Å². The highest BCUT2D eigenvalue weighted by molar-refractivity contribution is 6.31. The summed E-state index contributed by atoms with van der Waals surface area (Å²) in [5.41, 5.74) is -0.423. The number of azo groups is 1. The van der Waals surface area contributed by atoms with Crippen molar-refractivity contribution < 1.29 is 10.0 Å². The molecule has 126 valence electrons. The van der Waals surface area contributed by atoms with Crippen LogP contribution in [0.15, 0.2) is 51.4 Å². The molecule has 0 amide bonds. The molecule has 3 rings (SSSR count). The van der Waals surface area contributed by atoms with Crippen LogP contribution in [0.5, 0.6) is 5.75 Å². The van der Waals surface area contributed by atoms with Gasteiger partial charge in [0.25, 0.3) is 11.2 Å². The van der Waals surface area contributed by atoms with Gasteiger partial charge in [-0.3, -0.25) is 14.9 Å². The minimum absolute atomic E-state index is 0.0760. The molecule has 9 heteroatoms. The van der Waals surface area contributed by atoms with Gasteiger partial charge in [0, 0.05) is 16.5 Å². The van der Waals surface area contributed by atoms with E-state index in [9.17, 15) is 20.0 Å². The molecule has 0 aliphatic rings. The lowest BCUT2D eigenvalue weighted by molar-refractivity contribution is -0.383. The number of nitrogens with one attached hydrogen (secondary N) is 1. The maximum Gasteiger partial charge on any atom is 0.293 e. The van der Waals surface area contributed by atoms with Crippen molar-refractivity contribution in [3.05, 3.63) is 67.5 Å². The zero-order valence-corrected chi connectivity index (χ0v) is 13.6. The van der Waals surface area contributed by atoms with E-state index >= 15 is 0 Å². The molecule has 2 aromatic carbocycles. The Hall–Kier alpha value is -3.26. The SMILES string of the molecule is Cc1c(Cl)cccc1N=Nc1c(O)c2cccc([N+](=O)[O-])c2[nH]c1=O. The average molecular weight is 359 g/mol. The highest BCUT2D eigenvalue weighted by Crippen LogP contribution is 2.35. The highest BCUT2D eigenvalue weighted by atomic mass is 35.5. The Labute approximate surface area is 145 Å². The number of hydrogen-bond donors (Lipinski definition) is 2. The summed E-state index contributed by atoms with van der Waals surface area (Å²) in [7, 11) is 0. The van der Waals surface area contributed by atoms with Gasteiger partial charge in [0.15, 0.2) is 11.4 Å². The average Bonchev–Trinajstić information content (AvgIpc) is 2.57. The molecule has 8 nitrogen and oxygen atoms in total. The Kier molecular flexibility index (Phi) is 4.20. The summed E-state index contributed by atoms with van der Waals surface area (Å²) in [5.74, 6) is -0.481. The second kappa shape index (κ2) is 6.33. The second-order valence-electron chi connectivity index (χ2n) is 5.19. The van der Waals surface area contributed by atoms with Crippen LogP contribution in [0.25, 0.3) is 10.9 Å². The summed E-state index contributed by atoms with van der Waals surface area (Å²) in [6, 6.07) is 9.10. The van der Waals surface area contributed by atoms with Gasteiger partial charge in [0.2, 0.25) is 0 Å². The summed E-state index contributed by atoms with van der Waals surface area (Å²) in [4.78, 5) is 25.0. The molecule has 0 bridgehead atoms. The Balaban J connectivity index is 2.18. The predicted molar refractivity (Wildman–Crippen MR) is 93.3 cm³/mol. The van der Waals surface area contributed by atoms with Crippen molar-refractivity contribution in [3.8, 4) is 5.75 Å². The molecule has 0 aliphatic carbocycles. The van der Waals surface area contributed by atoms with Crippen LogP contribution in [0.3, 0.4) is 0 Å². The molecule has 0 radical (unpaired) electrons. The second-order valence-corrected chi connectivity index (χ2v) is 5.60. The summed E-state index contributed by atoms with van der Waals surface area (Å²) in [6.07, 6.45) is 0. The molecule has 0 fully saturated rings.